The van der Waals surface area contributed by atoms with E-state index in [0.29, 0.717) is 11.4 Å². The van der Waals surface area contributed by atoms with Crippen LogP contribution in [0.1, 0.15) is 67.9 Å². The van der Waals surface area contributed by atoms with Crippen LogP contribution < -0.4 is 5.32 Å². The van der Waals surface area contributed by atoms with Gasteiger partial charge in [-0.05, 0) is 61.2 Å². The monoisotopic (exact) mass is 595 g/mol. The van der Waals surface area contributed by atoms with Gasteiger partial charge in [-0.15, -0.1) is 10.2 Å². The maximum absolute atomic E-state index is 10.9. The molecule has 0 aliphatic heterocycles. The number of phenols is 1. The highest BCUT2D eigenvalue weighted by Gasteiger charge is 2.11. The Balaban J connectivity index is 0.00000112. The van der Waals surface area contributed by atoms with Gasteiger partial charge in [-0.25, -0.2) is 0 Å². The Hall–Kier alpha value is -4.58. The van der Waals surface area contributed by atoms with Gasteiger partial charge in [0.1, 0.15) is 5.69 Å². The molecule has 0 saturated heterocycles. The smallest absolute Gasteiger partial charge is 0.151 e. The number of anilines is 1. The highest BCUT2D eigenvalue weighted by atomic mass is 16.3. The van der Waals surface area contributed by atoms with E-state index in [2.05, 4.69) is 32.7 Å². The second kappa shape index (κ2) is 23.9. The summed E-state index contributed by atoms with van der Waals surface area (Å²) in [4.78, 5) is 0. The van der Waals surface area contributed by atoms with Crippen molar-refractivity contribution in [3.8, 4) is 5.75 Å². The van der Waals surface area contributed by atoms with E-state index in [1.807, 2.05) is 159 Å². The highest BCUT2D eigenvalue weighted by Crippen LogP contribution is 2.41. The van der Waals surface area contributed by atoms with Crippen LogP contribution in [0.15, 0.2) is 118 Å². The van der Waals surface area contributed by atoms with Crippen molar-refractivity contribution in [2.45, 2.75) is 69.2 Å². The zero-order valence-corrected chi connectivity index (χ0v) is 28.7. The molecule has 44 heavy (non-hydrogen) atoms. The van der Waals surface area contributed by atoms with Crippen LogP contribution in [0.3, 0.4) is 0 Å². The molecule has 0 radical (unpaired) electrons. The summed E-state index contributed by atoms with van der Waals surface area (Å²) in [7, 11) is 1.65. The Morgan fingerprint density at radius 2 is 1.09 bits per heavy atom. The first kappa shape index (κ1) is 39.4. The fourth-order valence-corrected chi connectivity index (χ4v) is 3.99. The van der Waals surface area contributed by atoms with Crippen molar-refractivity contribution in [3.63, 3.8) is 0 Å². The Kier molecular flexibility index (Phi) is 21.4. The summed E-state index contributed by atoms with van der Waals surface area (Å²) < 4.78 is 0. The molecule has 0 amide bonds. The zero-order valence-electron chi connectivity index (χ0n) is 28.7. The molecule has 0 unspecified atom stereocenters. The second-order valence-electron chi connectivity index (χ2n) is 8.16. The molecule has 6 heteroatoms. The van der Waals surface area contributed by atoms with E-state index in [4.69, 9.17) is 0 Å². The molecule has 236 valence electrons. The Morgan fingerprint density at radius 3 is 1.57 bits per heavy atom. The van der Waals surface area contributed by atoms with E-state index in [1.165, 1.54) is 0 Å². The van der Waals surface area contributed by atoms with Gasteiger partial charge in [-0.2, -0.15) is 10.2 Å². The number of nitrogens with zero attached hydrogens (tertiary/aromatic N) is 4. The standard InChI is InChI=1S/C24H23N5O.C6H6.4C2H6/c1-4-26-17-9-10-18-16(14-17)13-15(2)23(24(18)30)29-28-22-12-11-21(27-25-3)19-7-5-6-8-20(19)22;1-2-4-6-5-3-1;4*1-2/h5-14,26,30H,4H2,1-3H3;1-6H;4*1-2H3. The lowest BCUT2D eigenvalue weighted by Crippen LogP contribution is -1.95. The van der Waals surface area contributed by atoms with Crippen molar-refractivity contribution in [3.05, 3.63) is 103 Å². The summed E-state index contributed by atoms with van der Waals surface area (Å²) in [6, 6.07) is 31.5. The van der Waals surface area contributed by atoms with Crippen molar-refractivity contribution in [2.24, 2.45) is 20.5 Å². The first-order chi connectivity index (χ1) is 21.6. The lowest BCUT2D eigenvalue weighted by atomic mass is 10.0. The summed E-state index contributed by atoms with van der Waals surface area (Å²) in [5, 5.41) is 34.7. The molecule has 0 atom stereocenters. The van der Waals surface area contributed by atoms with E-state index in [0.717, 1.165) is 45.0 Å². The van der Waals surface area contributed by atoms with Gasteiger partial charge in [0.25, 0.3) is 0 Å². The summed E-state index contributed by atoms with van der Waals surface area (Å²) >= 11 is 0. The zero-order chi connectivity index (χ0) is 33.3. The van der Waals surface area contributed by atoms with E-state index in [1.54, 1.807) is 7.05 Å². The van der Waals surface area contributed by atoms with Crippen LogP contribution in [0.25, 0.3) is 21.5 Å². The number of fused-ring (bicyclic) bond motifs is 2. The summed E-state index contributed by atoms with van der Waals surface area (Å²) in [6.07, 6.45) is 0. The lowest BCUT2D eigenvalue weighted by Gasteiger charge is -2.10. The average molecular weight is 596 g/mol. The van der Waals surface area contributed by atoms with Crippen molar-refractivity contribution in [2.75, 3.05) is 18.9 Å². The minimum Gasteiger partial charge on any atom is -0.505 e. The number of aromatic hydroxyl groups is 1. The van der Waals surface area contributed by atoms with Gasteiger partial charge < -0.3 is 10.4 Å². The Labute approximate surface area is 266 Å². The van der Waals surface area contributed by atoms with Gasteiger partial charge in [-0.1, -0.05) is 116 Å². The second-order valence-corrected chi connectivity index (χ2v) is 8.16. The van der Waals surface area contributed by atoms with Crippen LogP contribution in [0.2, 0.25) is 0 Å². The Morgan fingerprint density at radius 1 is 0.591 bits per heavy atom. The van der Waals surface area contributed by atoms with Crippen LogP contribution in [0.4, 0.5) is 22.7 Å². The first-order valence-corrected chi connectivity index (χ1v) is 15.9. The molecule has 5 rings (SSSR count). The largest absolute Gasteiger partial charge is 0.505 e. The number of benzene rings is 5. The van der Waals surface area contributed by atoms with Crippen molar-refractivity contribution in [1.29, 1.82) is 0 Å². The number of aryl methyl sites for hydroxylation is 1. The third-order valence-electron chi connectivity index (χ3n) is 5.67. The summed E-state index contributed by atoms with van der Waals surface area (Å²) in [5.74, 6) is 0.137. The molecule has 6 nitrogen and oxygen atoms in total. The first-order valence-electron chi connectivity index (χ1n) is 15.9. The molecule has 0 spiro atoms. The number of nitrogens with one attached hydrogen (secondary N) is 1. The Bertz CT molecular complexity index is 1500. The minimum absolute atomic E-state index is 0.137. The van der Waals surface area contributed by atoms with Crippen LogP contribution in [-0.2, 0) is 0 Å². The molecule has 5 aromatic rings. The van der Waals surface area contributed by atoms with E-state index in [9.17, 15) is 5.11 Å². The number of hydrogen-bond acceptors (Lipinski definition) is 6. The fraction of sp³-hybridized carbons (Fsp3) is 0.316. The maximum atomic E-state index is 10.9. The molecule has 0 bridgehead atoms. The predicted octanol–water partition coefficient (Wildman–Crippen LogP) is 13.4. The van der Waals surface area contributed by atoms with E-state index in [-0.39, 0.29) is 5.75 Å². The molecule has 0 aliphatic rings. The minimum atomic E-state index is 0.137. The van der Waals surface area contributed by atoms with Crippen LogP contribution in [0, 0.1) is 6.92 Å². The molecule has 0 fully saturated rings. The summed E-state index contributed by atoms with van der Waals surface area (Å²) in [6.45, 7) is 20.8. The quantitative estimate of drug-likeness (QED) is 0.198. The molecule has 2 N–H and O–H groups in total. The number of rotatable bonds is 5. The van der Waals surface area contributed by atoms with Crippen molar-refractivity contribution >= 4 is 44.3 Å². The van der Waals surface area contributed by atoms with Gasteiger partial charge in [-0.3, -0.25) is 0 Å². The van der Waals surface area contributed by atoms with Gasteiger partial charge >= 0.3 is 0 Å². The van der Waals surface area contributed by atoms with Gasteiger partial charge in [0.05, 0.1) is 11.4 Å². The van der Waals surface area contributed by atoms with E-state index >= 15 is 0 Å². The van der Waals surface area contributed by atoms with Gasteiger partial charge in [0.15, 0.2) is 5.75 Å². The van der Waals surface area contributed by atoms with Crippen molar-refractivity contribution in [1.82, 2.24) is 0 Å². The van der Waals surface area contributed by atoms with E-state index < -0.39 is 0 Å². The molecule has 0 saturated carbocycles. The molecule has 5 aromatic carbocycles. The molecule has 0 heterocycles. The molecule has 0 aromatic heterocycles. The molecule has 0 aliphatic carbocycles. The van der Waals surface area contributed by atoms with Gasteiger partial charge in [0, 0.05) is 35.4 Å². The SMILES string of the molecule is CC.CC.CC.CC.CCNc1ccc2c(O)c(N=Nc3ccc(N=NC)c4ccccc34)c(C)cc2c1.c1ccccc1. The predicted molar refractivity (Wildman–Crippen MR) is 195 cm³/mol. The third-order valence-corrected chi connectivity index (χ3v) is 5.67. The number of phenolic OH excluding ortho intramolecular Hbond substituents is 1. The third kappa shape index (κ3) is 11.6. The normalized spacial score (nSPS) is 9.70. The molecular formula is C38H53N5O. The fourth-order valence-electron chi connectivity index (χ4n) is 3.99. The number of azo groups is 2. The topological polar surface area (TPSA) is 81.7 Å². The molecular weight excluding hydrogens is 542 g/mol. The van der Waals surface area contributed by atoms with Crippen molar-refractivity contribution < 1.29 is 5.11 Å². The number of hydrogen-bond donors (Lipinski definition) is 2. The average Bonchev–Trinajstić information content (AvgIpc) is 3.10. The van der Waals surface area contributed by atoms with Gasteiger partial charge in [0.2, 0.25) is 0 Å². The van der Waals surface area contributed by atoms with Crippen LogP contribution >= 0.6 is 0 Å². The summed E-state index contributed by atoms with van der Waals surface area (Å²) in [5.41, 5.74) is 3.85. The van der Waals surface area contributed by atoms with Crippen LogP contribution in [0.5, 0.6) is 5.75 Å². The van der Waals surface area contributed by atoms with Crippen LogP contribution in [-0.4, -0.2) is 18.7 Å². The lowest BCUT2D eigenvalue weighted by molar-refractivity contribution is 0.482. The highest BCUT2D eigenvalue weighted by molar-refractivity contribution is 6.00. The maximum Gasteiger partial charge on any atom is 0.151 e.